The smallest absolute Gasteiger partial charge is 0.337 e. The first-order valence-electron chi connectivity index (χ1n) is 6.94. The number of aromatic carboxylic acids is 1. The Balaban J connectivity index is 2.75. The number of hydrogen-bond donors (Lipinski definition) is 2. The Morgan fingerprint density at radius 1 is 1.33 bits per heavy atom. The Morgan fingerprint density at radius 3 is 2.38 bits per heavy atom. The van der Waals surface area contributed by atoms with Crippen LogP contribution < -0.4 is 10.5 Å². The van der Waals surface area contributed by atoms with Crippen LogP contribution in [0.4, 0.5) is 10.1 Å². The van der Waals surface area contributed by atoms with E-state index in [2.05, 4.69) is 32.6 Å². The van der Waals surface area contributed by atoms with Crippen LogP contribution in [-0.2, 0) is 0 Å². The largest absolute Gasteiger partial charge is 0.489 e. The molecule has 0 saturated heterocycles. The second-order valence-electron chi connectivity index (χ2n) is 5.45. The van der Waals surface area contributed by atoms with Gasteiger partial charge in [-0.05, 0) is 33.8 Å². The van der Waals surface area contributed by atoms with Gasteiger partial charge in [0.05, 0.1) is 5.56 Å². The zero-order valence-corrected chi connectivity index (χ0v) is 12.9. The molecule has 0 amide bonds. The van der Waals surface area contributed by atoms with Crippen molar-refractivity contribution in [3.63, 3.8) is 0 Å². The molecule has 0 atom stereocenters. The summed E-state index contributed by atoms with van der Waals surface area (Å²) >= 11 is 0. The highest BCUT2D eigenvalue weighted by molar-refractivity contribution is 5.94. The fourth-order valence-corrected chi connectivity index (χ4v) is 2.24. The van der Waals surface area contributed by atoms with Crippen LogP contribution in [0, 0.1) is 5.82 Å². The number of benzene rings is 1. The van der Waals surface area contributed by atoms with E-state index < -0.39 is 11.8 Å². The number of nitrogen functional groups attached to an aromatic ring is 1. The van der Waals surface area contributed by atoms with E-state index in [1.807, 2.05) is 0 Å². The molecule has 0 heterocycles. The zero-order chi connectivity index (χ0) is 16.2. The first-order valence-corrected chi connectivity index (χ1v) is 6.94. The van der Waals surface area contributed by atoms with Gasteiger partial charge >= 0.3 is 5.97 Å². The minimum atomic E-state index is -1.21. The minimum absolute atomic E-state index is 0.0888. The van der Waals surface area contributed by atoms with Gasteiger partial charge in [-0.1, -0.05) is 0 Å². The Labute approximate surface area is 124 Å². The molecule has 0 saturated carbocycles. The number of ether oxygens (including phenoxy) is 1. The zero-order valence-electron chi connectivity index (χ0n) is 12.9. The molecule has 0 bridgehead atoms. The first-order chi connectivity index (χ1) is 9.73. The maximum absolute atomic E-state index is 13.7. The maximum atomic E-state index is 13.7. The van der Waals surface area contributed by atoms with Crippen molar-refractivity contribution in [2.75, 3.05) is 18.9 Å². The molecule has 0 aliphatic rings. The lowest BCUT2D eigenvalue weighted by molar-refractivity contribution is 0.0697. The standard InChI is InChI=1S/C15H23FN2O3/c1-9(2)18(10(3)4)5-6-21-14-7-11(15(19)20)13(17)8-12(14)16/h7-10H,5-6,17H2,1-4H3,(H,19,20). The van der Waals surface area contributed by atoms with Gasteiger partial charge < -0.3 is 15.6 Å². The third-order valence-corrected chi connectivity index (χ3v) is 3.27. The average molecular weight is 298 g/mol. The molecule has 0 unspecified atom stereocenters. The maximum Gasteiger partial charge on any atom is 0.337 e. The van der Waals surface area contributed by atoms with E-state index in [0.717, 1.165) is 12.1 Å². The minimum Gasteiger partial charge on any atom is -0.489 e. The number of anilines is 1. The van der Waals surface area contributed by atoms with Gasteiger partial charge in [0.1, 0.15) is 6.61 Å². The summed E-state index contributed by atoms with van der Waals surface area (Å²) < 4.78 is 19.1. The number of carbonyl (C=O) groups is 1. The number of carboxylic acid groups (broad SMARTS) is 1. The summed E-state index contributed by atoms with van der Waals surface area (Å²) in [5.41, 5.74) is 5.19. The predicted octanol–water partition coefficient (Wildman–Crippen LogP) is 2.60. The second-order valence-corrected chi connectivity index (χ2v) is 5.45. The van der Waals surface area contributed by atoms with Crippen molar-refractivity contribution < 1.29 is 19.0 Å². The summed E-state index contributed by atoms with van der Waals surface area (Å²) in [5, 5.41) is 8.97. The molecule has 6 heteroatoms. The SMILES string of the molecule is CC(C)N(CCOc1cc(C(=O)O)c(N)cc1F)C(C)C. The topological polar surface area (TPSA) is 75.8 Å². The van der Waals surface area contributed by atoms with Crippen molar-refractivity contribution in [3.05, 3.63) is 23.5 Å². The lowest BCUT2D eigenvalue weighted by Crippen LogP contribution is -2.39. The molecule has 0 aromatic heterocycles. The molecule has 21 heavy (non-hydrogen) atoms. The van der Waals surface area contributed by atoms with Crippen molar-refractivity contribution >= 4 is 11.7 Å². The molecule has 1 aromatic rings. The predicted molar refractivity (Wildman–Crippen MR) is 80.2 cm³/mol. The Morgan fingerprint density at radius 2 is 1.90 bits per heavy atom. The van der Waals surface area contributed by atoms with Crippen LogP contribution in [0.3, 0.4) is 0 Å². The Bertz CT molecular complexity index is 496. The van der Waals surface area contributed by atoms with E-state index >= 15 is 0 Å². The molecule has 0 aliphatic carbocycles. The van der Waals surface area contributed by atoms with E-state index in [9.17, 15) is 9.18 Å². The van der Waals surface area contributed by atoms with E-state index in [0.29, 0.717) is 18.6 Å². The number of carboxylic acids is 1. The van der Waals surface area contributed by atoms with Crippen LogP contribution in [0.5, 0.6) is 5.75 Å². The summed E-state index contributed by atoms with van der Waals surface area (Å²) in [7, 11) is 0. The summed E-state index contributed by atoms with van der Waals surface area (Å²) in [4.78, 5) is 13.2. The molecule has 1 aromatic carbocycles. The molecule has 0 radical (unpaired) electrons. The summed E-state index contributed by atoms with van der Waals surface area (Å²) in [6, 6.07) is 2.79. The molecule has 3 N–H and O–H groups in total. The van der Waals surface area contributed by atoms with Crippen LogP contribution in [0.1, 0.15) is 38.1 Å². The van der Waals surface area contributed by atoms with Gasteiger partial charge in [-0.3, -0.25) is 4.90 Å². The molecule has 0 spiro atoms. The van der Waals surface area contributed by atoms with Gasteiger partial charge in [0, 0.05) is 30.4 Å². The number of halogens is 1. The highest BCUT2D eigenvalue weighted by Gasteiger charge is 2.16. The van der Waals surface area contributed by atoms with Crippen LogP contribution >= 0.6 is 0 Å². The van der Waals surface area contributed by atoms with Crippen molar-refractivity contribution in [2.24, 2.45) is 0 Å². The molecule has 0 aliphatic heterocycles. The molecule has 0 fully saturated rings. The lowest BCUT2D eigenvalue weighted by atomic mass is 10.1. The Hall–Kier alpha value is -1.82. The van der Waals surface area contributed by atoms with Crippen molar-refractivity contribution in [1.82, 2.24) is 4.90 Å². The van der Waals surface area contributed by atoms with Crippen molar-refractivity contribution in [2.45, 2.75) is 39.8 Å². The van der Waals surface area contributed by atoms with E-state index in [4.69, 9.17) is 15.6 Å². The Kier molecular flexibility index (Phi) is 5.96. The molecular weight excluding hydrogens is 275 g/mol. The van der Waals surface area contributed by atoms with Gasteiger partial charge in [-0.15, -0.1) is 0 Å². The van der Waals surface area contributed by atoms with E-state index in [1.54, 1.807) is 0 Å². The summed E-state index contributed by atoms with van der Waals surface area (Å²) in [5.74, 6) is -1.95. The van der Waals surface area contributed by atoms with Crippen LogP contribution in [0.2, 0.25) is 0 Å². The molecule has 1 rings (SSSR count). The second kappa shape index (κ2) is 7.26. The number of nitrogens with two attached hydrogens (primary N) is 1. The number of rotatable bonds is 7. The first kappa shape index (κ1) is 17.2. The lowest BCUT2D eigenvalue weighted by Gasteiger charge is -2.30. The summed E-state index contributed by atoms with van der Waals surface area (Å²) in [6.45, 7) is 9.20. The molecular formula is C15H23FN2O3. The van der Waals surface area contributed by atoms with E-state index in [1.165, 1.54) is 0 Å². The summed E-state index contributed by atoms with van der Waals surface area (Å²) in [6.07, 6.45) is 0. The van der Waals surface area contributed by atoms with Crippen LogP contribution in [0.25, 0.3) is 0 Å². The highest BCUT2D eigenvalue weighted by Crippen LogP contribution is 2.24. The normalized spacial score (nSPS) is 11.4. The number of nitrogens with zero attached hydrogens (tertiary/aromatic N) is 1. The highest BCUT2D eigenvalue weighted by atomic mass is 19.1. The van der Waals surface area contributed by atoms with Crippen molar-refractivity contribution in [1.29, 1.82) is 0 Å². The van der Waals surface area contributed by atoms with Gasteiger partial charge in [-0.2, -0.15) is 0 Å². The number of hydrogen-bond acceptors (Lipinski definition) is 4. The quantitative estimate of drug-likeness (QED) is 0.757. The van der Waals surface area contributed by atoms with Gasteiger partial charge in [0.25, 0.3) is 0 Å². The average Bonchev–Trinajstić information content (AvgIpc) is 2.35. The monoisotopic (exact) mass is 298 g/mol. The van der Waals surface area contributed by atoms with Crippen LogP contribution in [-0.4, -0.2) is 41.2 Å². The van der Waals surface area contributed by atoms with E-state index in [-0.39, 0.29) is 23.6 Å². The van der Waals surface area contributed by atoms with Crippen molar-refractivity contribution in [3.8, 4) is 5.75 Å². The van der Waals surface area contributed by atoms with Gasteiger partial charge in [0.2, 0.25) is 0 Å². The molecule has 5 nitrogen and oxygen atoms in total. The third-order valence-electron chi connectivity index (χ3n) is 3.27. The van der Waals surface area contributed by atoms with Gasteiger partial charge in [0.15, 0.2) is 11.6 Å². The fraction of sp³-hybridized carbons (Fsp3) is 0.533. The third kappa shape index (κ3) is 4.60. The fourth-order valence-electron chi connectivity index (χ4n) is 2.24. The molecule has 118 valence electrons. The van der Waals surface area contributed by atoms with Gasteiger partial charge in [-0.25, -0.2) is 9.18 Å². The van der Waals surface area contributed by atoms with Crippen LogP contribution in [0.15, 0.2) is 12.1 Å².